The SMILES string of the molecule is CC1CCN(c2nc3c(cc2CN)CCCC3)CC1. The van der Waals surface area contributed by atoms with Crippen molar-refractivity contribution in [3.8, 4) is 0 Å². The van der Waals surface area contributed by atoms with Gasteiger partial charge >= 0.3 is 0 Å². The van der Waals surface area contributed by atoms with Crippen molar-refractivity contribution in [3.63, 3.8) is 0 Å². The van der Waals surface area contributed by atoms with Gasteiger partial charge in [-0.3, -0.25) is 0 Å². The molecule has 0 aromatic carbocycles. The third-order valence-electron chi connectivity index (χ3n) is 4.66. The summed E-state index contributed by atoms with van der Waals surface area (Å²) in [5.74, 6) is 2.03. The van der Waals surface area contributed by atoms with Crippen molar-refractivity contribution in [2.45, 2.75) is 52.0 Å². The molecule has 1 fully saturated rings. The van der Waals surface area contributed by atoms with E-state index in [1.54, 1.807) is 0 Å². The van der Waals surface area contributed by atoms with Crippen molar-refractivity contribution in [3.05, 3.63) is 22.9 Å². The summed E-state index contributed by atoms with van der Waals surface area (Å²) in [5.41, 5.74) is 9.97. The summed E-state index contributed by atoms with van der Waals surface area (Å²) in [5, 5.41) is 0. The minimum absolute atomic E-state index is 0.613. The second kappa shape index (κ2) is 5.49. The van der Waals surface area contributed by atoms with Gasteiger partial charge < -0.3 is 10.6 Å². The molecule has 1 aliphatic heterocycles. The van der Waals surface area contributed by atoms with Crippen LogP contribution in [0.4, 0.5) is 5.82 Å². The Hall–Kier alpha value is -1.09. The molecule has 2 heterocycles. The van der Waals surface area contributed by atoms with Crippen LogP contribution in [0.2, 0.25) is 0 Å². The maximum atomic E-state index is 5.95. The van der Waals surface area contributed by atoms with Gasteiger partial charge in [0.05, 0.1) is 0 Å². The van der Waals surface area contributed by atoms with Crippen LogP contribution in [0, 0.1) is 5.92 Å². The zero-order valence-electron chi connectivity index (χ0n) is 12.0. The number of piperidine rings is 1. The lowest BCUT2D eigenvalue weighted by molar-refractivity contribution is 0.435. The smallest absolute Gasteiger partial charge is 0.133 e. The molecule has 1 saturated heterocycles. The summed E-state index contributed by atoms with van der Waals surface area (Å²) in [4.78, 5) is 7.43. The van der Waals surface area contributed by atoms with E-state index in [1.807, 2.05) is 0 Å². The van der Waals surface area contributed by atoms with E-state index in [4.69, 9.17) is 10.7 Å². The number of nitrogens with two attached hydrogens (primary N) is 1. The Morgan fingerprint density at radius 1 is 1.26 bits per heavy atom. The number of rotatable bonds is 2. The van der Waals surface area contributed by atoms with E-state index in [1.165, 1.54) is 54.7 Å². The van der Waals surface area contributed by atoms with Gasteiger partial charge in [0.1, 0.15) is 5.82 Å². The molecule has 0 bridgehead atoms. The second-order valence-electron chi connectivity index (χ2n) is 6.16. The molecule has 0 atom stereocenters. The molecule has 3 heteroatoms. The Kier molecular flexibility index (Phi) is 3.74. The van der Waals surface area contributed by atoms with E-state index in [0.717, 1.165) is 25.4 Å². The van der Waals surface area contributed by atoms with Gasteiger partial charge in [0.25, 0.3) is 0 Å². The van der Waals surface area contributed by atoms with Crippen molar-refractivity contribution in [2.24, 2.45) is 11.7 Å². The quantitative estimate of drug-likeness (QED) is 0.888. The standard InChI is InChI=1S/C16H25N3/c1-12-6-8-19(9-7-12)16-14(11-17)10-13-4-2-3-5-15(13)18-16/h10,12H,2-9,11,17H2,1H3. The van der Waals surface area contributed by atoms with Gasteiger partial charge in [0.15, 0.2) is 0 Å². The highest BCUT2D eigenvalue weighted by Crippen LogP contribution is 2.29. The van der Waals surface area contributed by atoms with Gasteiger partial charge in [-0.05, 0) is 56.1 Å². The predicted octanol–water partition coefficient (Wildman–Crippen LogP) is 2.66. The Labute approximate surface area is 116 Å². The first-order valence-corrected chi connectivity index (χ1v) is 7.74. The van der Waals surface area contributed by atoms with Gasteiger partial charge in [0, 0.05) is 30.9 Å². The van der Waals surface area contributed by atoms with Gasteiger partial charge in [-0.15, -0.1) is 0 Å². The van der Waals surface area contributed by atoms with Gasteiger partial charge in [-0.25, -0.2) is 4.98 Å². The van der Waals surface area contributed by atoms with Gasteiger partial charge in [-0.2, -0.15) is 0 Å². The molecule has 1 aromatic rings. The summed E-state index contributed by atoms with van der Waals surface area (Å²) >= 11 is 0. The molecule has 0 radical (unpaired) electrons. The van der Waals surface area contributed by atoms with Crippen LogP contribution in [0.5, 0.6) is 0 Å². The first kappa shape index (κ1) is 12.9. The largest absolute Gasteiger partial charge is 0.356 e. The average molecular weight is 259 g/mol. The predicted molar refractivity (Wildman–Crippen MR) is 79.4 cm³/mol. The third kappa shape index (κ3) is 2.62. The van der Waals surface area contributed by atoms with Crippen LogP contribution in [-0.2, 0) is 19.4 Å². The Morgan fingerprint density at radius 3 is 2.74 bits per heavy atom. The summed E-state index contributed by atoms with van der Waals surface area (Å²) in [6, 6.07) is 2.33. The molecule has 0 amide bonds. The van der Waals surface area contributed by atoms with Crippen LogP contribution in [0.25, 0.3) is 0 Å². The molecule has 104 valence electrons. The van der Waals surface area contributed by atoms with Gasteiger partial charge in [0.2, 0.25) is 0 Å². The Balaban J connectivity index is 1.91. The molecular weight excluding hydrogens is 234 g/mol. The zero-order chi connectivity index (χ0) is 13.2. The first-order chi connectivity index (χ1) is 9.28. The molecular formula is C16H25N3. The maximum absolute atomic E-state index is 5.95. The van der Waals surface area contributed by atoms with E-state index >= 15 is 0 Å². The van der Waals surface area contributed by atoms with Crippen LogP contribution >= 0.6 is 0 Å². The van der Waals surface area contributed by atoms with E-state index in [-0.39, 0.29) is 0 Å². The van der Waals surface area contributed by atoms with Crippen molar-refractivity contribution in [1.82, 2.24) is 4.98 Å². The lowest BCUT2D eigenvalue weighted by Crippen LogP contribution is -2.34. The minimum atomic E-state index is 0.613. The van der Waals surface area contributed by atoms with Crippen molar-refractivity contribution in [1.29, 1.82) is 0 Å². The topological polar surface area (TPSA) is 42.2 Å². The maximum Gasteiger partial charge on any atom is 0.133 e. The Morgan fingerprint density at radius 2 is 2.00 bits per heavy atom. The van der Waals surface area contributed by atoms with Gasteiger partial charge in [-0.1, -0.05) is 6.92 Å². The van der Waals surface area contributed by atoms with Crippen LogP contribution in [0.1, 0.15) is 49.4 Å². The highest BCUT2D eigenvalue weighted by Gasteiger charge is 2.21. The minimum Gasteiger partial charge on any atom is -0.356 e. The fourth-order valence-electron chi connectivity index (χ4n) is 3.31. The molecule has 1 aliphatic carbocycles. The van der Waals surface area contributed by atoms with Crippen molar-refractivity contribution >= 4 is 5.82 Å². The molecule has 3 rings (SSSR count). The molecule has 0 spiro atoms. The fourth-order valence-corrected chi connectivity index (χ4v) is 3.31. The number of pyridine rings is 1. The summed E-state index contributed by atoms with van der Waals surface area (Å²) in [7, 11) is 0. The first-order valence-electron chi connectivity index (χ1n) is 7.74. The Bertz CT molecular complexity index is 448. The number of fused-ring (bicyclic) bond motifs is 1. The number of aryl methyl sites for hydroxylation is 2. The van der Waals surface area contributed by atoms with E-state index in [0.29, 0.717) is 6.54 Å². The number of anilines is 1. The van der Waals surface area contributed by atoms with E-state index < -0.39 is 0 Å². The van der Waals surface area contributed by atoms with Crippen LogP contribution in [0.15, 0.2) is 6.07 Å². The number of hydrogen-bond acceptors (Lipinski definition) is 3. The molecule has 2 aliphatic rings. The second-order valence-corrected chi connectivity index (χ2v) is 6.16. The lowest BCUT2D eigenvalue weighted by atomic mass is 9.94. The third-order valence-corrected chi connectivity index (χ3v) is 4.66. The summed E-state index contributed by atoms with van der Waals surface area (Å²) in [6.07, 6.45) is 7.49. The molecule has 19 heavy (non-hydrogen) atoms. The summed E-state index contributed by atoms with van der Waals surface area (Å²) < 4.78 is 0. The normalized spacial score (nSPS) is 20.4. The van der Waals surface area contributed by atoms with E-state index in [2.05, 4.69) is 17.9 Å². The molecule has 0 saturated carbocycles. The zero-order valence-corrected chi connectivity index (χ0v) is 12.0. The highest BCUT2D eigenvalue weighted by atomic mass is 15.2. The molecule has 1 aromatic heterocycles. The molecule has 2 N–H and O–H groups in total. The fraction of sp³-hybridized carbons (Fsp3) is 0.688. The number of aromatic nitrogens is 1. The van der Waals surface area contributed by atoms with Crippen molar-refractivity contribution < 1.29 is 0 Å². The summed E-state index contributed by atoms with van der Waals surface area (Å²) in [6.45, 7) is 5.24. The highest BCUT2D eigenvalue weighted by molar-refractivity contribution is 5.50. The number of nitrogens with zero attached hydrogens (tertiary/aromatic N) is 2. The number of hydrogen-bond donors (Lipinski definition) is 1. The van der Waals surface area contributed by atoms with E-state index in [9.17, 15) is 0 Å². The average Bonchev–Trinajstić information content (AvgIpc) is 2.46. The lowest BCUT2D eigenvalue weighted by Gasteiger charge is -2.33. The molecule has 3 nitrogen and oxygen atoms in total. The van der Waals surface area contributed by atoms with Crippen molar-refractivity contribution in [2.75, 3.05) is 18.0 Å². The van der Waals surface area contributed by atoms with Crippen LogP contribution in [-0.4, -0.2) is 18.1 Å². The monoisotopic (exact) mass is 259 g/mol. The van der Waals surface area contributed by atoms with Crippen LogP contribution in [0.3, 0.4) is 0 Å². The molecule has 0 unspecified atom stereocenters. The van der Waals surface area contributed by atoms with Crippen LogP contribution < -0.4 is 10.6 Å².